The number of halogens is 1. The van der Waals surface area contributed by atoms with Crippen LogP contribution in [0.25, 0.3) is 0 Å². The molecule has 0 bridgehead atoms. The summed E-state index contributed by atoms with van der Waals surface area (Å²) in [7, 11) is 0. The van der Waals surface area contributed by atoms with E-state index in [0.29, 0.717) is 12.0 Å². The number of hydrogen-bond acceptors (Lipinski definition) is 8. The second-order valence-electron chi connectivity index (χ2n) is 6.58. The van der Waals surface area contributed by atoms with Crippen molar-refractivity contribution < 1.29 is 28.3 Å². The van der Waals surface area contributed by atoms with E-state index in [0.717, 1.165) is 4.90 Å². The number of aromatic nitrogens is 1. The summed E-state index contributed by atoms with van der Waals surface area (Å²) in [6, 6.07) is 5.05. The normalized spacial score (nSPS) is 10.2. The number of hydrogen-bond donors (Lipinski definition) is 1. The summed E-state index contributed by atoms with van der Waals surface area (Å²) in [6.07, 6.45) is 2.70. The minimum atomic E-state index is -0.902. The van der Waals surface area contributed by atoms with Crippen molar-refractivity contribution in [2.45, 2.75) is 19.9 Å². The molecule has 1 aromatic heterocycles. The highest BCUT2D eigenvalue weighted by atomic mass is 19.1. The third-order valence-electron chi connectivity index (χ3n) is 4.15. The van der Waals surface area contributed by atoms with Gasteiger partial charge in [-0.25, -0.2) is 9.18 Å². The topological polar surface area (TPSA) is 130 Å². The smallest absolute Gasteiger partial charge is 0.414 e. The van der Waals surface area contributed by atoms with Crippen molar-refractivity contribution in [2.24, 2.45) is 0 Å². The van der Waals surface area contributed by atoms with E-state index in [2.05, 4.69) is 18.1 Å². The van der Waals surface area contributed by atoms with Crippen molar-refractivity contribution >= 4 is 23.3 Å². The van der Waals surface area contributed by atoms with Crippen LogP contribution in [-0.4, -0.2) is 35.8 Å². The van der Waals surface area contributed by atoms with Crippen molar-refractivity contribution in [1.29, 1.82) is 0 Å². The molecule has 0 aliphatic carbocycles. The van der Waals surface area contributed by atoms with Gasteiger partial charge in [-0.05, 0) is 31.0 Å². The maximum Gasteiger partial charge on any atom is 0.414 e. The molecule has 0 aliphatic rings. The Kier molecular flexibility index (Phi) is 9.16. The van der Waals surface area contributed by atoms with Crippen LogP contribution in [0.2, 0.25) is 0 Å². The lowest BCUT2D eigenvalue weighted by molar-refractivity contribution is -0.383. The molecule has 11 heteroatoms. The molecule has 0 atom stereocenters. The standard InChI is InChI=1S/C22H25FN4O6/c1-4-7-9-33-19-13-18(20(27(29)30)21(24)25-19)26(22(28)31-6-3)14-15-10-16(23)12-17(11-15)32-8-5-2/h4-5,10-13H,1-2,6-9,14H2,3H3,(H2,24,25). The molecule has 2 rings (SSSR count). The predicted octanol–water partition coefficient (Wildman–Crippen LogP) is 4.39. The van der Waals surface area contributed by atoms with Crippen LogP contribution in [0.5, 0.6) is 11.6 Å². The average Bonchev–Trinajstić information content (AvgIpc) is 2.75. The zero-order valence-electron chi connectivity index (χ0n) is 18.2. The molecule has 2 N–H and O–H groups in total. The number of pyridine rings is 1. The molecule has 1 aromatic carbocycles. The molecule has 0 saturated carbocycles. The summed E-state index contributed by atoms with van der Waals surface area (Å²) in [5.74, 6) is -0.897. The van der Waals surface area contributed by atoms with E-state index in [1.807, 2.05) is 0 Å². The van der Waals surface area contributed by atoms with Crippen LogP contribution in [0.3, 0.4) is 0 Å². The molecule has 0 unspecified atom stereocenters. The number of nitrogen functional groups attached to an aromatic ring is 1. The molecule has 0 radical (unpaired) electrons. The first-order valence-corrected chi connectivity index (χ1v) is 9.96. The molecule has 1 heterocycles. The Hall–Kier alpha value is -4.15. The predicted molar refractivity (Wildman–Crippen MR) is 121 cm³/mol. The monoisotopic (exact) mass is 460 g/mol. The van der Waals surface area contributed by atoms with Crippen LogP contribution in [-0.2, 0) is 11.3 Å². The highest BCUT2D eigenvalue weighted by molar-refractivity contribution is 5.92. The number of benzene rings is 1. The number of carbonyl (C=O) groups excluding carboxylic acids is 1. The Morgan fingerprint density at radius 2 is 2.03 bits per heavy atom. The lowest BCUT2D eigenvalue weighted by Gasteiger charge is -2.23. The van der Waals surface area contributed by atoms with E-state index in [1.54, 1.807) is 13.0 Å². The van der Waals surface area contributed by atoms with E-state index in [1.165, 1.54) is 30.3 Å². The maximum atomic E-state index is 14.2. The number of anilines is 2. The number of nitrogens with zero attached hydrogens (tertiary/aromatic N) is 3. The van der Waals surface area contributed by atoms with E-state index >= 15 is 0 Å². The van der Waals surface area contributed by atoms with Gasteiger partial charge in [-0.1, -0.05) is 18.7 Å². The van der Waals surface area contributed by atoms with Gasteiger partial charge < -0.3 is 19.9 Å². The second kappa shape index (κ2) is 12.0. The molecular formula is C22H25FN4O6. The van der Waals surface area contributed by atoms with Gasteiger partial charge in [0.1, 0.15) is 23.9 Å². The van der Waals surface area contributed by atoms with Gasteiger partial charge in [0.05, 0.1) is 24.7 Å². The zero-order valence-corrected chi connectivity index (χ0v) is 18.2. The lowest BCUT2D eigenvalue weighted by Crippen LogP contribution is -2.32. The van der Waals surface area contributed by atoms with Gasteiger partial charge in [0.2, 0.25) is 11.7 Å². The van der Waals surface area contributed by atoms with Crippen LogP contribution < -0.4 is 20.1 Å². The first-order chi connectivity index (χ1) is 15.8. The number of ether oxygens (including phenoxy) is 3. The van der Waals surface area contributed by atoms with Crippen molar-refractivity contribution in [3.63, 3.8) is 0 Å². The van der Waals surface area contributed by atoms with Crippen LogP contribution in [0.4, 0.5) is 26.4 Å². The fourth-order valence-electron chi connectivity index (χ4n) is 2.82. The highest BCUT2D eigenvalue weighted by Crippen LogP contribution is 2.37. The Labute approximate surface area is 190 Å². The summed E-state index contributed by atoms with van der Waals surface area (Å²) < 4.78 is 30.1. The van der Waals surface area contributed by atoms with Gasteiger partial charge in [0, 0.05) is 12.1 Å². The summed E-state index contributed by atoms with van der Waals surface area (Å²) in [6.45, 7) is 8.76. The number of rotatable bonds is 12. The fraction of sp³-hybridized carbons (Fsp3) is 0.273. The second-order valence-corrected chi connectivity index (χ2v) is 6.58. The Bertz CT molecular complexity index is 1030. The Morgan fingerprint density at radius 3 is 2.67 bits per heavy atom. The zero-order chi connectivity index (χ0) is 24.4. The molecule has 0 saturated heterocycles. The third kappa shape index (κ3) is 6.92. The Morgan fingerprint density at radius 1 is 1.27 bits per heavy atom. The summed E-state index contributed by atoms with van der Waals surface area (Å²) in [5.41, 5.74) is 5.28. The fourth-order valence-corrected chi connectivity index (χ4v) is 2.82. The quantitative estimate of drug-likeness (QED) is 0.214. The van der Waals surface area contributed by atoms with E-state index in [-0.39, 0.29) is 43.7 Å². The van der Waals surface area contributed by atoms with E-state index in [9.17, 15) is 19.3 Å². The van der Waals surface area contributed by atoms with Crippen molar-refractivity contribution in [1.82, 2.24) is 4.98 Å². The van der Waals surface area contributed by atoms with E-state index in [4.69, 9.17) is 19.9 Å². The van der Waals surface area contributed by atoms with Crippen LogP contribution >= 0.6 is 0 Å². The molecule has 1 amide bonds. The van der Waals surface area contributed by atoms with Gasteiger partial charge in [-0.3, -0.25) is 15.0 Å². The maximum absolute atomic E-state index is 14.2. The SMILES string of the molecule is C=CCCOc1cc(N(Cc2cc(F)cc(OCC=C)c2)C(=O)OCC)c([N+](=O)[O-])c(N)n1. The Balaban J connectivity index is 2.56. The van der Waals surface area contributed by atoms with Crippen molar-refractivity contribution in [2.75, 3.05) is 30.5 Å². The van der Waals surface area contributed by atoms with Crippen LogP contribution in [0.1, 0.15) is 18.9 Å². The minimum Gasteiger partial charge on any atom is -0.489 e. The molecule has 10 nitrogen and oxygen atoms in total. The van der Waals surface area contributed by atoms with Gasteiger partial charge >= 0.3 is 11.8 Å². The van der Waals surface area contributed by atoms with Gasteiger partial charge in [-0.15, -0.1) is 6.58 Å². The van der Waals surface area contributed by atoms with Gasteiger partial charge in [-0.2, -0.15) is 4.98 Å². The largest absolute Gasteiger partial charge is 0.489 e. The number of nitrogens with two attached hydrogens (primary N) is 1. The van der Waals surface area contributed by atoms with Crippen LogP contribution in [0.15, 0.2) is 49.6 Å². The number of carbonyl (C=O) groups is 1. The first-order valence-electron chi connectivity index (χ1n) is 9.96. The number of amides is 1. The van der Waals surface area contributed by atoms with Crippen LogP contribution in [0, 0.1) is 15.9 Å². The van der Waals surface area contributed by atoms with Gasteiger partial charge in [0.25, 0.3) is 0 Å². The molecule has 176 valence electrons. The lowest BCUT2D eigenvalue weighted by atomic mass is 10.1. The first kappa shape index (κ1) is 25.1. The summed E-state index contributed by atoms with van der Waals surface area (Å²) >= 11 is 0. The molecule has 0 fully saturated rings. The van der Waals surface area contributed by atoms with Crippen molar-refractivity contribution in [3.8, 4) is 11.6 Å². The van der Waals surface area contributed by atoms with Crippen molar-refractivity contribution in [3.05, 3.63) is 71.1 Å². The summed E-state index contributed by atoms with van der Waals surface area (Å²) in [4.78, 5) is 28.6. The molecule has 2 aromatic rings. The summed E-state index contributed by atoms with van der Waals surface area (Å²) in [5, 5.41) is 11.7. The third-order valence-corrected chi connectivity index (χ3v) is 4.15. The molecule has 0 aliphatic heterocycles. The molecule has 0 spiro atoms. The molecular weight excluding hydrogens is 435 g/mol. The molecule has 33 heavy (non-hydrogen) atoms. The average molecular weight is 460 g/mol. The van der Waals surface area contributed by atoms with Gasteiger partial charge in [0.15, 0.2) is 0 Å². The van der Waals surface area contributed by atoms with E-state index < -0.39 is 28.3 Å². The number of nitro groups is 1. The highest BCUT2D eigenvalue weighted by Gasteiger charge is 2.30. The minimum absolute atomic E-state index is 0.00321.